The van der Waals surface area contributed by atoms with Gasteiger partial charge in [-0.2, -0.15) is 0 Å². The van der Waals surface area contributed by atoms with Gasteiger partial charge in [-0.25, -0.2) is 27.4 Å². The maximum Gasteiger partial charge on any atom is 0.220 e. The lowest BCUT2D eigenvalue weighted by Gasteiger charge is -2.19. The molecule has 0 aliphatic heterocycles. The van der Waals surface area contributed by atoms with Crippen molar-refractivity contribution >= 4 is 64.6 Å². The number of hydrogen-bond donors (Lipinski definition) is 0. The van der Waals surface area contributed by atoms with E-state index in [4.69, 9.17) is 0 Å². The Morgan fingerprint density at radius 2 is 0.463 bits per heavy atom. The van der Waals surface area contributed by atoms with Crippen molar-refractivity contribution in [2.24, 2.45) is 64.4 Å². The van der Waals surface area contributed by atoms with Gasteiger partial charge < -0.3 is 0 Å². The minimum atomic E-state index is 0.300. The molecular formula is C143H174N6+6. The van der Waals surface area contributed by atoms with Crippen LogP contribution >= 0.6 is 0 Å². The highest BCUT2D eigenvalue weighted by Crippen LogP contribution is 2.44. The summed E-state index contributed by atoms with van der Waals surface area (Å²) in [6, 6.07) is 82.5. The lowest BCUT2D eigenvalue weighted by Crippen LogP contribution is -2.31. The fourth-order valence-corrected chi connectivity index (χ4v) is 24.4. The van der Waals surface area contributed by atoms with Crippen LogP contribution in [-0.2, 0) is 68.0 Å². The second kappa shape index (κ2) is 45.9. The number of hydrogen-bond acceptors (Lipinski definition) is 0. The Kier molecular flexibility index (Phi) is 34.0. The normalized spacial score (nSPS) is 13.0. The fourth-order valence-electron chi connectivity index (χ4n) is 24.4. The molecule has 2 fully saturated rings. The highest BCUT2D eigenvalue weighted by molar-refractivity contribution is 6.01. The van der Waals surface area contributed by atoms with Gasteiger partial charge in [0.15, 0.2) is 37.2 Å². The first-order chi connectivity index (χ1) is 70.4. The summed E-state index contributed by atoms with van der Waals surface area (Å²) in [5.74, 6) is 2.21. The van der Waals surface area contributed by atoms with E-state index in [0.29, 0.717) is 22.2 Å². The SMILES string of the molecule is Cc1cc(C)c(C)c(-c2c3ccc(CC(C)(C)C)cc3c(C)c[n+]2C)c1.Cc1cc(C)c(C)c(-c2c3ccc(CC(C)C)cc3c(C)c[n+]2C)c1.Cc1ccc(C)c(-c2c3ccc(C4CCCC4)cc3c(C)c[n+]2C)c1.Cc1ccc(C)c(-c2c3ccc(CC(C)(C)C)cc3c(C)c[n+]2C)c1.Cc1ccccc1-c1c2ccc(C3CCCC3)cc2c(C)c[n+]1C.Cc1ccccc1-c1c2ccc(CC(C)(C)C)cc2c(C)c[n+]1C. The number of rotatable bonds is 13. The number of aromatic nitrogens is 6. The smallest absolute Gasteiger partial charge is 0.200 e. The van der Waals surface area contributed by atoms with E-state index < -0.39 is 0 Å². The second-order valence-corrected chi connectivity index (χ2v) is 49.3. The number of nitrogens with zero attached hydrogens (tertiary/aromatic N) is 6. The molecule has 12 aromatic carbocycles. The molecule has 0 bridgehead atoms. The van der Waals surface area contributed by atoms with Gasteiger partial charge in [0.1, 0.15) is 42.3 Å². The summed E-state index contributed by atoms with van der Waals surface area (Å²) in [4.78, 5) is 0. The first-order valence-corrected chi connectivity index (χ1v) is 55.4. The molecule has 0 saturated heterocycles. The molecule has 18 aromatic rings. The van der Waals surface area contributed by atoms with E-state index in [1.807, 2.05) is 0 Å². The molecule has 149 heavy (non-hydrogen) atoms. The minimum absolute atomic E-state index is 0.300. The lowest BCUT2D eigenvalue weighted by molar-refractivity contribution is -0.659. The molecule has 20 rings (SSSR count). The molecule has 0 radical (unpaired) electrons. The molecule has 2 aliphatic carbocycles. The summed E-state index contributed by atoms with van der Waals surface area (Å²) in [5.41, 5.74) is 49.7. The highest BCUT2D eigenvalue weighted by Gasteiger charge is 2.31. The molecule has 2 saturated carbocycles. The Labute approximate surface area is 896 Å². The summed E-state index contributed by atoms with van der Waals surface area (Å²) in [6.45, 7) is 65.1. The minimum Gasteiger partial charge on any atom is -0.200 e. The zero-order chi connectivity index (χ0) is 108. The van der Waals surface area contributed by atoms with Crippen LogP contribution in [0, 0.1) is 147 Å². The van der Waals surface area contributed by atoms with Gasteiger partial charge in [-0.1, -0.05) is 270 Å². The second-order valence-electron chi connectivity index (χ2n) is 49.3. The molecule has 6 heterocycles. The van der Waals surface area contributed by atoms with Crippen molar-refractivity contribution in [2.45, 2.75) is 290 Å². The van der Waals surface area contributed by atoms with Crippen LogP contribution in [0.5, 0.6) is 0 Å². The van der Waals surface area contributed by atoms with Gasteiger partial charge in [0.2, 0.25) is 34.2 Å². The van der Waals surface area contributed by atoms with Gasteiger partial charge >= 0.3 is 0 Å². The zero-order valence-corrected chi connectivity index (χ0v) is 97.6. The summed E-state index contributed by atoms with van der Waals surface area (Å²) >= 11 is 0. The molecule has 6 heteroatoms. The molecule has 0 N–H and O–H groups in total. The average molecular weight is 1980 g/mol. The largest absolute Gasteiger partial charge is 0.220 e. The summed E-state index contributed by atoms with van der Waals surface area (Å²) < 4.78 is 13.7. The number of fused-ring (bicyclic) bond motifs is 6. The van der Waals surface area contributed by atoms with E-state index in [2.05, 4.69) is 526 Å². The van der Waals surface area contributed by atoms with Gasteiger partial charge in [-0.3, -0.25) is 0 Å². The fraction of sp³-hybridized carbons (Fsp3) is 0.371. The van der Waals surface area contributed by atoms with E-state index in [9.17, 15) is 0 Å². The third-order valence-corrected chi connectivity index (χ3v) is 31.7. The standard InChI is InChI=1S/C25H32N.C24H28N.2C24H30N.C23H26N.C23H28N/c1-16-11-17(2)19(4)23(12-16)24-21-10-9-20(14-25(5,6)7)13-22(21)18(3)15-26(24)8;1-16-9-10-17(2)23(13-16)24-21-12-11-20(19-7-5-6-8-19)14-22(21)18(3)15-25(24)4;1-15(2)10-20-8-9-21-22(13-20)18(5)14-25(7)24(21)23-12-16(3)11-17(4)19(23)6;1-16-8-9-17(2)22(12-16)23-20-11-10-19(14-24(4,5)6)13-21(20)18(3)15-25(23)7;1-16-8-4-7-11-20(16)23-21-13-12-19(18-9-5-6-10-18)14-22(21)17(2)15-24(23)3;1-16-9-7-8-10-19(16)22-20-12-11-18(14-23(3,4)5)13-21(20)17(2)15-24(22)6/h9-13,15H,14H2,1-8H3;9-15,19H,5-8H2,1-4H3;8-9,11-15H,10H2,1-7H3;8-13,15H,14H2,1-7H3;4,7-8,11-15,18H,5-6,9-10H2,1-3H3;7-13,15H,14H2,1-6H3/q6*+1. The summed E-state index contributed by atoms with van der Waals surface area (Å²) in [7, 11) is 13.0. The van der Waals surface area contributed by atoms with Gasteiger partial charge in [-0.05, 0) is 393 Å². The van der Waals surface area contributed by atoms with Crippen molar-refractivity contribution < 1.29 is 27.4 Å². The Hall–Kier alpha value is -12.9. The van der Waals surface area contributed by atoms with Crippen LogP contribution in [0.3, 0.4) is 0 Å². The molecule has 0 unspecified atom stereocenters. The van der Waals surface area contributed by atoms with E-state index in [1.165, 1.54) is 317 Å². The van der Waals surface area contributed by atoms with Crippen LogP contribution < -0.4 is 27.4 Å². The summed E-state index contributed by atoms with van der Waals surface area (Å²) in [6.07, 6.45) is 29.0. The number of aryl methyl sites for hydroxylation is 22. The predicted molar refractivity (Wildman–Crippen MR) is 639 cm³/mol. The number of pyridine rings is 6. The maximum absolute atomic E-state index is 2.47. The molecule has 0 amide bonds. The Morgan fingerprint density at radius 3 is 0.745 bits per heavy atom. The Bertz CT molecular complexity index is 8070. The molecule has 0 spiro atoms. The van der Waals surface area contributed by atoms with E-state index in [0.717, 1.165) is 37.5 Å². The van der Waals surface area contributed by atoms with Crippen molar-refractivity contribution in [2.75, 3.05) is 0 Å². The van der Waals surface area contributed by atoms with Crippen LogP contribution in [0.15, 0.2) is 256 Å². The van der Waals surface area contributed by atoms with Gasteiger partial charge in [0.25, 0.3) is 0 Å². The van der Waals surface area contributed by atoms with Crippen molar-refractivity contribution in [3.8, 4) is 67.5 Å². The van der Waals surface area contributed by atoms with Gasteiger partial charge in [0.05, 0.1) is 43.4 Å². The van der Waals surface area contributed by atoms with E-state index in [1.54, 1.807) is 0 Å². The van der Waals surface area contributed by atoms with Crippen LogP contribution in [-0.4, -0.2) is 0 Å². The van der Waals surface area contributed by atoms with Gasteiger partial charge in [0, 0.05) is 55.6 Å². The van der Waals surface area contributed by atoms with E-state index >= 15 is 0 Å². The monoisotopic (exact) mass is 1980 g/mol. The van der Waals surface area contributed by atoms with Crippen LogP contribution in [0.25, 0.3) is 132 Å². The summed E-state index contributed by atoms with van der Waals surface area (Å²) in [5, 5.41) is 16.4. The van der Waals surface area contributed by atoms with Crippen molar-refractivity contribution in [1.29, 1.82) is 0 Å². The van der Waals surface area contributed by atoms with Crippen LogP contribution in [0.2, 0.25) is 0 Å². The quantitative estimate of drug-likeness (QED) is 0.103. The molecule has 6 aromatic heterocycles. The predicted octanol–water partition coefficient (Wildman–Crippen LogP) is 34.8. The maximum atomic E-state index is 2.47. The lowest BCUT2D eigenvalue weighted by atomic mass is 9.86. The van der Waals surface area contributed by atoms with Crippen molar-refractivity contribution in [1.82, 2.24) is 0 Å². The highest BCUT2D eigenvalue weighted by atomic mass is 15.0. The Morgan fingerprint density at radius 1 is 0.221 bits per heavy atom. The molecule has 6 nitrogen and oxygen atoms in total. The zero-order valence-electron chi connectivity index (χ0n) is 97.6. The van der Waals surface area contributed by atoms with E-state index in [-0.39, 0.29) is 0 Å². The van der Waals surface area contributed by atoms with Crippen molar-refractivity contribution in [3.63, 3.8) is 0 Å². The molecular weight excluding hydrogens is 1800 g/mol. The molecule has 770 valence electrons. The third-order valence-electron chi connectivity index (χ3n) is 31.7. The van der Waals surface area contributed by atoms with Crippen LogP contribution in [0.4, 0.5) is 0 Å². The van der Waals surface area contributed by atoms with Gasteiger partial charge in [-0.15, -0.1) is 0 Å². The average Bonchev–Trinajstić information content (AvgIpc) is 0.910. The Balaban J connectivity index is 0.000000134. The molecule has 0 atom stereocenters. The van der Waals surface area contributed by atoms with Crippen molar-refractivity contribution in [3.05, 3.63) is 389 Å². The first-order valence-electron chi connectivity index (χ1n) is 55.4. The van der Waals surface area contributed by atoms with Crippen LogP contribution in [0.1, 0.15) is 273 Å². The topological polar surface area (TPSA) is 23.3 Å². The molecule has 2 aliphatic rings. The first kappa shape index (κ1) is 110. The third kappa shape index (κ3) is 25.5. The number of benzene rings is 12.